The number of hydrogen-bond acceptors (Lipinski definition) is 2. The van der Waals surface area contributed by atoms with Gasteiger partial charge in [-0.25, -0.2) is 0 Å². The summed E-state index contributed by atoms with van der Waals surface area (Å²) in [4.78, 5) is 0. The topological polar surface area (TPSA) is 21.3 Å². The summed E-state index contributed by atoms with van der Waals surface area (Å²) in [5.41, 5.74) is 1.94. The third-order valence-corrected chi connectivity index (χ3v) is 5.94. The lowest BCUT2D eigenvalue weighted by Crippen LogP contribution is -2.44. The Labute approximate surface area is 128 Å². The van der Waals surface area contributed by atoms with Crippen molar-refractivity contribution in [3.05, 3.63) is 35.9 Å². The SMILES string of the molecule is CCNCC1(C2CC2c2ccccc2)CCOC1C1CC1. The van der Waals surface area contributed by atoms with Gasteiger partial charge in [0, 0.05) is 18.6 Å². The Balaban J connectivity index is 1.56. The Morgan fingerprint density at radius 1 is 1.24 bits per heavy atom. The minimum Gasteiger partial charge on any atom is -0.377 e. The molecular formula is C19H27NO. The first-order valence-electron chi connectivity index (χ1n) is 8.72. The van der Waals surface area contributed by atoms with Crippen molar-refractivity contribution in [1.82, 2.24) is 5.32 Å². The average Bonchev–Trinajstić information content (AvgIpc) is 3.45. The Kier molecular flexibility index (Phi) is 3.55. The maximum absolute atomic E-state index is 6.24. The summed E-state index contributed by atoms with van der Waals surface area (Å²) >= 11 is 0. The quantitative estimate of drug-likeness (QED) is 0.862. The number of benzene rings is 1. The minimum atomic E-state index is 0.400. The lowest BCUT2D eigenvalue weighted by Gasteiger charge is -2.35. The average molecular weight is 285 g/mol. The molecule has 2 nitrogen and oxygen atoms in total. The highest BCUT2D eigenvalue weighted by Crippen LogP contribution is 2.64. The van der Waals surface area contributed by atoms with E-state index >= 15 is 0 Å². The van der Waals surface area contributed by atoms with Crippen LogP contribution in [-0.2, 0) is 4.74 Å². The van der Waals surface area contributed by atoms with Crippen LogP contribution < -0.4 is 5.32 Å². The van der Waals surface area contributed by atoms with Gasteiger partial charge in [0.15, 0.2) is 0 Å². The van der Waals surface area contributed by atoms with E-state index in [1.165, 1.54) is 25.7 Å². The van der Waals surface area contributed by atoms with E-state index in [0.717, 1.165) is 37.5 Å². The van der Waals surface area contributed by atoms with E-state index in [1.54, 1.807) is 5.56 Å². The highest BCUT2D eigenvalue weighted by Gasteiger charge is 2.61. The molecular weight excluding hydrogens is 258 g/mol. The summed E-state index contributed by atoms with van der Waals surface area (Å²) in [6.45, 7) is 5.42. The van der Waals surface area contributed by atoms with Gasteiger partial charge in [-0.3, -0.25) is 0 Å². The highest BCUT2D eigenvalue weighted by atomic mass is 16.5. The molecule has 1 saturated heterocycles. The molecule has 114 valence electrons. The molecule has 3 aliphatic rings. The second-order valence-corrected chi connectivity index (χ2v) is 7.25. The molecule has 1 aromatic carbocycles. The second kappa shape index (κ2) is 5.40. The van der Waals surface area contributed by atoms with Crippen molar-refractivity contribution in [2.45, 2.75) is 44.6 Å². The molecule has 1 aliphatic heterocycles. The van der Waals surface area contributed by atoms with Crippen molar-refractivity contribution in [2.24, 2.45) is 17.3 Å². The molecule has 2 aliphatic carbocycles. The van der Waals surface area contributed by atoms with Gasteiger partial charge in [-0.2, -0.15) is 0 Å². The molecule has 2 saturated carbocycles. The van der Waals surface area contributed by atoms with Crippen LogP contribution in [-0.4, -0.2) is 25.8 Å². The molecule has 4 unspecified atom stereocenters. The van der Waals surface area contributed by atoms with Crippen molar-refractivity contribution in [3.63, 3.8) is 0 Å². The zero-order valence-corrected chi connectivity index (χ0v) is 13.1. The number of ether oxygens (including phenoxy) is 1. The van der Waals surface area contributed by atoms with Gasteiger partial charge in [0.2, 0.25) is 0 Å². The van der Waals surface area contributed by atoms with Crippen molar-refractivity contribution in [2.75, 3.05) is 19.7 Å². The lowest BCUT2D eigenvalue weighted by atomic mass is 9.73. The second-order valence-electron chi connectivity index (χ2n) is 7.25. The summed E-state index contributed by atoms with van der Waals surface area (Å²) in [7, 11) is 0. The van der Waals surface area contributed by atoms with Crippen molar-refractivity contribution >= 4 is 0 Å². The maximum Gasteiger partial charge on any atom is 0.0675 e. The van der Waals surface area contributed by atoms with Gasteiger partial charge in [0.25, 0.3) is 0 Å². The van der Waals surface area contributed by atoms with Crippen LogP contribution in [0.3, 0.4) is 0 Å². The molecule has 0 amide bonds. The molecule has 3 fully saturated rings. The van der Waals surface area contributed by atoms with E-state index < -0.39 is 0 Å². The van der Waals surface area contributed by atoms with Gasteiger partial charge >= 0.3 is 0 Å². The molecule has 2 heteroatoms. The largest absolute Gasteiger partial charge is 0.377 e. The van der Waals surface area contributed by atoms with Crippen LogP contribution in [0, 0.1) is 17.3 Å². The Morgan fingerprint density at radius 2 is 2.05 bits per heavy atom. The number of hydrogen-bond donors (Lipinski definition) is 1. The zero-order chi connectivity index (χ0) is 14.3. The first kappa shape index (κ1) is 13.8. The fourth-order valence-electron chi connectivity index (χ4n) is 4.66. The summed E-state index contributed by atoms with van der Waals surface area (Å²) in [6.07, 6.45) is 5.93. The molecule has 0 bridgehead atoms. The first-order chi connectivity index (χ1) is 10.3. The van der Waals surface area contributed by atoms with Crippen LogP contribution in [0.5, 0.6) is 0 Å². The predicted molar refractivity (Wildman–Crippen MR) is 85.3 cm³/mol. The van der Waals surface area contributed by atoms with Gasteiger partial charge in [0.1, 0.15) is 0 Å². The third kappa shape index (κ3) is 2.43. The molecule has 4 atom stereocenters. The molecule has 4 rings (SSSR count). The Hall–Kier alpha value is -0.860. The van der Waals surface area contributed by atoms with Crippen molar-refractivity contribution < 1.29 is 4.74 Å². The lowest BCUT2D eigenvalue weighted by molar-refractivity contribution is 0.0190. The minimum absolute atomic E-state index is 0.400. The van der Waals surface area contributed by atoms with E-state index in [-0.39, 0.29) is 0 Å². The van der Waals surface area contributed by atoms with E-state index in [1.807, 2.05) is 0 Å². The fourth-order valence-corrected chi connectivity index (χ4v) is 4.66. The van der Waals surface area contributed by atoms with Gasteiger partial charge in [-0.05, 0) is 55.5 Å². The molecule has 0 radical (unpaired) electrons. The molecule has 1 aromatic rings. The van der Waals surface area contributed by atoms with E-state index in [0.29, 0.717) is 11.5 Å². The van der Waals surface area contributed by atoms with Crippen LogP contribution in [0.1, 0.15) is 44.1 Å². The van der Waals surface area contributed by atoms with Gasteiger partial charge in [-0.15, -0.1) is 0 Å². The Morgan fingerprint density at radius 3 is 2.76 bits per heavy atom. The summed E-state index contributed by atoms with van der Waals surface area (Å²) in [6, 6.07) is 11.1. The smallest absolute Gasteiger partial charge is 0.0675 e. The van der Waals surface area contributed by atoms with Crippen molar-refractivity contribution in [1.29, 1.82) is 0 Å². The van der Waals surface area contributed by atoms with Gasteiger partial charge in [0.05, 0.1) is 6.10 Å². The maximum atomic E-state index is 6.24. The normalized spacial score (nSPS) is 38.6. The summed E-state index contributed by atoms with van der Waals surface area (Å²) in [5, 5.41) is 3.66. The van der Waals surface area contributed by atoms with E-state index in [9.17, 15) is 0 Å². The number of nitrogens with one attached hydrogen (secondary N) is 1. The Bertz CT molecular complexity index is 484. The summed E-state index contributed by atoms with van der Waals surface area (Å²) < 4.78 is 6.24. The number of rotatable bonds is 6. The van der Waals surface area contributed by atoms with Crippen LogP contribution in [0.15, 0.2) is 30.3 Å². The van der Waals surface area contributed by atoms with Crippen molar-refractivity contribution in [3.8, 4) is 0 Å². The molecule has 0 spiro atoms. The molecule has 1 N–H and O–H groups in total. The van der Waals surface area contributed by atoms with E-state index in [2.05, 4.69) is 42.6 Å². The molecule has 1 heterocycles. The van der Waals surface area contributed by atoms with Gasteiger partial charge in [-0.1, -0.05) is 37.3 Å². The predicted octanol–water partition coefficient (Wildman–Crippen LogP) is 3.58. The zero-order valence-electron chi connectivity index (χ0n) is 13.1. The van der Waals surface area contributed by atoms with E-state index in [4.69, 9.17) is 4.74 Å². The van der Waals surface area contributed by atoms with Crippen LogP contribution in [0.2, 0.25) is 0 Å². The first-order valence-corrected chi connectivity index (χ1v) is 8.72. The standard InChI is InChI=1S/C19H27NO/c1-2-20-13-19(10-11-21-18(19)15-8-9-15)17-12-16(17)14-6-4-3-5-7-14/h3-7,15-18,20H,2,8-13H2,1H3. The fraction of sp³-hybridized carbons (Fsp3) is 0.684. The van der Waals surface area contributed by atoms with Gasteiger partial charge < -0.3 is 10.1 Å². The van der Waals surface area contributed by atoms with Crippen LogP contribution in [0.4, 0.5) is 0 Å². The van der Waals surface area contributed by atoms with Crippen LogP contribution >= 0.6 is 0 Å². The van der Waals surface area contributed by atoms with Crippen LogP contribution in [0.25, 0.3) is 0 Å². The monoisotopic (exact) mass is 285 g/mol. The molecule has 0 aromatic heterocycles. The highest BCUT2D eigenvalue weighted by molar-refractivity contribution is 5.28. The third-order valence-electron chi connectivity index (χ3n) is 5.94. The molecule has 21 heavy (non-hydrogen) atoms. The summed E-state index contributed by atoms with van der Waals surface area (Å²) in [5.74, 6) is 2.45.